The van der Waals surface area contributed by atoms with Crippen LogP contribution in [0.5, 0.6) is 0 Å². The molecule has 74 valence electrons. The van der Waals surface area contributed by atoms with E-state index in [1.807, 2.05) is 30.3 Å². The van der Waals surface area contributed by atoms with E-state index in [0.717, 1.165) is 11.3 Å². The fraction of sp³-hybridized carbons (Fsp3) is 0.111. The summed E-state index contributed by atoms with van der Waals surface area (Å²) in [5.41, 5.74) is 2.03. The number of rotatable bonds is 2. The molecule has 0 bridgehead atoms. The number of benzene rings is 1. The van der Waals surface area contributed by atoms with Gasteiger partial charge in [0.05, 0.1) is 0 Å². The summed E-state index contributed by atoms with van der Waals surface area (Å²) >= 11 is -2.00. The van der Waals surface area contributed by atoms with E-state index in [9.17, 15) is 4.21 Å². The normalized spacial score (nSPS) is 21.1. The summed E-state index contributed by atoms with van der Waals surface area (Å²) < 4.78 is 21.6. The average molecular weight is 210 g/mol. The third-order valence-electron chi connectivity index (χ3n) is 1.97. The Labute approximate surface area is 84.4 Å². The lowest BCUT2D eigenvalue weighted by Crippen LogP contribution is -2.36. The molecule has 2 unspecified atom stereocenters. The molecule has 1 aromatic rings. The van der Waals surface area contributed by atoms with E-state index in [4.69, 9.17) is 4.55 Å². The minimum absolute atomic E-state index is 0.296. The van der Waals surface area contributed by atoms with Crippen molar-refractivity contribution in [2.45, 2.75) is 6.17 Å². The molecule has 1 aliphatic heterocycles. The first-order valence-electron chi connectivity index (χ1n) is 4.16. The van der Waals surface area contributed by atoms with Crippen molar-refractivity contribution < 1.29 is 8.76 Å². The van der Waals surface area contributed by atoms with E-state index < -0.39 is 11.3 Å². The van der Waals surface area contributed by atoms with Gasteiger partial charge < -0.3 is 5.32 Å². The predicted molar refractivity (Wildman–Crippen MR) is 56.8 cm³/mol. The van der Waals surface area contributed by atoms with Crippen molar-refractivity contribution in [2.24, 2.45) is 0 Å². The highest BCUT2D eigenvalue weighted by Gasteiger charge is 2.12. The molecule has 0 aromatic heterocycles. The highest BCUT2D eigenvalue weighted by Crippen LogP contribution is 2.21. The van der Waals surface area contributed by atoms with Crippen LogP contribution >= 0.6 is 0 Å². The van der Waals surface area contributed by atoms with Gasteiger partial charge in [-0.1, -0.05) is 24.3 Å². The molecule has 0 spiro atoms. The molecule has 2 atom stereocenters. The first-order valence-corrected chi connectivity index (χ1v) is 5.27. The van der Waals surface area contributed by atoms with E-state index in [1.54, 1.807) is 6.08 Å². The van der Waals surface area contributed by atoms with Crippen LogP contribution in [0.25, 0.3) is 6.08 Å². The first-order chi connectivity index (χ1) is 6.75. The molecule has 0 saturated heterocycles. The quantitative estimate of drug-likeness (QED) is 0.642. The summed E-state index contributed by atoms with van der Waals surface area (Å²) in [7, 11) is 0. The van der Waals surface area contributed by atoms with Gasteiger partial charge in [-0.15, -0.1) is 0 Å². The molecule has 0 amide bonds. The van der Waals surface area contributed by atoms with Crippen LogP contribution in [0.3, 0.4) is 0 Å². The van der Waals surface area contributed by atoms with Gasteiger partial charge in [-0.05, 0) is 17.7 Å². The van der Waals surface area contributed by atoms with Crippen LogP contribution in [0.15, 0.2) is 30.3 Å². The van der Waals surface area contributed by atoms with Crippen LogP contribution in [-0.4, -0.2) is 14.9 Å². The van der Waals surface area contributed by atoms with Crippen LogP contribution in [-0.2, 0) is 11.3 Å². The SMILES string of the molecule is O=S(O)NC1C=Cc2ccccc2N1. The zero-order valence-electron chi connectivity index (χ0n) is 7.31. The molecule has 0 aliphatic carbocycles. The molecular weight excluding hydrogens is 200 g/mol. The zero-order chi connectivity index (χ0) is 9.97. The molecular formula is C9H10N2O2S. The van der Waals surface area contributed by atoms with Gasteiger partial charge in [-0.2, -0.15) is 4.72 Å². The van der Waals surface area contributed by atoms with Crippen LogP contribution < -0.4 is 10.0 Å². The lowest BCUT2D eigenvalue weighted by Gasteiger charge is -2.21. The van der Waals surface area contributed by atoms with E-state index >= 15 is 0 Å². The van der Waals surface area contributed by atoms with Gasteiger partial charge in [0, 0.05) is 5.69 Å². The van der Waals surface area contributed by atoms with Crippen LogP contribution in [0.2, 0.25) is 0 Å². The Morgan fingerprint density at radius 1 is 1.43 bits per heavy atom. The lowest BCUT2D eigenvalue weighted by molar-refractivity contribution is 0.545. The number of anilines is 1. The van der Waals surface area contributed by atoms with E-state index in [1.165, 1.54) is 0 Å². The van der Waals surface area contributed by atoms with Gasteiger partial charge in [-0.25, -0.2) is 4.21 Å². The largest absolute Gasteiger partial charge is 0.365 e. The fourth-order valence-electron chi connectivity index (χ4n) is 1.37. The second-order valence-electron chi connectivity index (χ2n) is 2.94. The molecule has 1 aromatic carbocycles. The van der Waals surface area contributed by atoms with Gasteiger partial charge in [0.15, 0.2) is 0 Å². The number of hydrogen-bond acceptors (Lipinski definition) is 2. The Morgan fingerprint density at radius 2 is 2.21 bits per heavy atom. The van der Waals surface area contributed by atoms with Crippen LogP contribution in [0.1, 0.15) is 5.56 Å². The second-order valence-corrected chi connectivity index (χ2v) is 3.67. The van der Waals surface area contributed by atoms with Crippen molar-refractivity contribution in [1.82, 2.24) is 4.72 Å². The monoisotopic (exact) mass is 210 g/mol. The van der Waals surface area contributed by atoms with Crippen molar-refractivity contribution in [3.63, 3.8) is 0 Å². The number of para-hydroxylation sites is 1. The topological polar surface area (TPSA) is 61.4 Å². The molecule has 1 aliphatic rings. The summed E-state index contributed by atoms with van der Waals surface area (Å²) in [6, 6.07) is 7.76. The second kappa shape index (κ2) is 3.91. The lowest BCUT2D eigenvalue weighted by atomic mass is 10.1. The zero-order valence-corrected chi connectivity index (χ0v) is 8.12. The summed E-state index contributed by atoms with van der Waals surface area (Å²) in [4.78, 5) is 0. The maximum Gasteiger partial charge on any atom is 0.233 e. The molecule has 0 fully saturated rings. The Hall–Kier alpha value is -1.17. The summed E-state index contributed by atoms with van der Waals surface area (Å²) in [6.07, 6.45) is 3.42. The van der Waals surface area contributed by atoms with Crippen molar-refractivity contribution in [3.05, 3.63) is 35.9 Å². The maximum atomic E-state index is 10.5. The third kappa shape index (κ3) is 2.01. The molecule has 2 rings (SSSR count). The minimum Gasteiger partial charge on any atom is -0.365 e. The van der Waals surface area contributed by atoms with E-state index in [2.05, 4.69) is 10.0 Å². The van der Waals surface area contributed by atoms with Gasteiger partial charge in [-0.3, -0.25) is 4.55 Å². The van der Waals surface area contributed by atoms with Crippen molar-refractivity contribution in [3.8, 4) is 0 Å². The van der Waals surface area contributed by atoms with Gasteiger partial charge in [0.2, 0.25) is 11.3 Å². The van der Waals surface area contributed by atoms with Gasteiger partial charge in [0.25, 0.3) is 0 Å². The minimum atomic E-state index is -2.00. The predicted octanol–water partition coefficient (Wildman–Crippen LogP) is 1.18. The summed E-state index contributed by atoms with van der Waals surface area (Å²) in [6.45, 7) is 0. The van der Waals surface area contributed by atoms with E-state index in [0.29, 0.717) is 0 Å². The van der Waals surface area contributed by atoms with Crippen molar-refractivity contribution in [2.75, 3.05) is 5.32 Å². The maximum absolute atomic E-state index is 10.5. The van der Waals surface area contributed by atoms with Crippen molar-refractivity contribution in [1.29, 1.82) is 0 Å². The standard InChI is InChI=1S/C9H10N2O2S/c12-14(13)11-9-6-5-7-3-1-2-4-8(7)10-9/h1-6,9-11H,(H,12,13). The van der Waals surface area contributed by atoms with E-state index in [-0.39, 0.29) is 6.17 Å². The van der Waals surface area contributed by atoms with Gasteiger partial charge in [0.1, 0.15) is 6.17 Å². The Balaban J connectivity index is 2.17. The average Bonchev–Trinajstić information content (AvgIpc) is 2.17. The molecule has 14 heavy (non-hydrogen) atoms. The molecule has 0 radical (unpaired) electrons. The Kier molecular flexibility index (Phi) is 2.62. The van der Waals surface area contributed by atoms with Crippen LogP contribution in [0, 0.1) is 0 Å². The Bertz CT molecular complexity index is 392. The summed E-state index contributed by atoms with van der Waals surface area (Å²) in [5.74, 6) is 0. The third-order valence-corrected chi connectivity index (χ3v) is 2.42. The highest BCUT2D eigenvalue weighted by molar-refractivity contribution is 7.77. The highest BCUT2D eigenvalue weighted by atomic mass is 32.2. The van der Waals surface area contributed by atoms with Crippen molar-refractivity contribution >= 4 is 23.0 Å². The smallest absolute Gasteiger partial charge is 0.233 e. The molecule has 4 nitrogen and oxygen atoms in total. The first kappa shape index (κ1) is 9.39. The molecule has 3 N–H and O–H groups in total. The molecule has 5 heteroatoms. The summed E-state index contributed by atoms with van der Waals surface area (Å²) in [5, 5.41) is 3.08. The number of fused-ring (bicyclic) bond motifs is 1. The van der Waals surface area contributed by atoms with Crippen LogP contribution in [0.4, 0.5) is 5.69 Å². The fourth-order valence-corrected chi connectivity index (χ4v) is 1.72. The number of hydrogen-bond donors (Lipinski definition) is 3. The van der Waals surface area contributed by atoms with Gasteiger partial charge >= 0.3 is 0 Å². The Morgan fingerprint density at radius 3 is 3.00 bits per heavy atom. The number of nitrogens with one attached hydrogen (secondary N) is 2. The molecule has 0 saturated carbocycles. The molecule has 1 heterocycles.